The molecule has 1 rings (SSSR count). The Hall–Kier alpha value is -1.77. The Morgan fingerprint density at radius 3 is 1.89 bits per heavy atom. The number of Topliss-reactive ketones (excluding diaryl/α,β-unsaturated/α-hetero) is 3. The molecule has 102 valence electrons. The smallest absolute Gasteiger partial charge is 0.208 e. The average molecular weight is 260 g/mol. The van der Waals surface area contributed by atoms with Gasteiger partial charge in [0, 0.05) is 12.5 Å². The second-order valence-electron chi connectivity index (χ2n) is 5.02. The van der Waals surface area contributed by atoms with Gasteiger partial charge in [-0.15, -0.1) is 0 Å². The van der Waals surface area contributed by atoms with Crippen LogP contribution in [0, 0.1) is 26.7 Å². The standard InChI is InChI=1S/C16H20O3/c1-6-13(15(18)12(5)17)16(19)14-10(3)7-9(2)8-11(14)4/h7-8,13H,6H2,1-5H3. The number of rotatable bonds is 5. The molecule has 0 aromatic heterocycles. The Kier molecular flexibility index (Phi) is 4.76. The summed E-state index contributed by atoms with van der Waals surface area (Å²) < 4.78 is 0. The van der Waals surface area contributed by atoms with Crippen LogP contribution in [0.15, 0.2) is 12.1 Å². The fourth-order valence-corrected chi connectivity index (χ4v) is 2.48. The third-order valence-electron chi connectivity index (χ3n) is 3.31. The van der Waals surface area contributed by atoms with Crippen LogP contribution in [0.2, 0.25) is 0 Å². The van der Waals surface area contributed by atoms with E-state index in [9.17, 15) is 14.4 Å². The van der Waals surface area contributed by atoms with Gasteiger partial charge in [-0.25, -0.2) is 0 Å². The van der Waals surface area contributed by atoms with Crippen molar-refractivity contribution in [2.45, 2.75) is 41.0 Å². The summed E-state index contributed by atoms with van der Waals surface area (Å²) in [6.07, 6.45) is 0.351. The van der Waals surface area contributed by atoms with Gasteiger partial charge in [0.25, 0.3) is 0 Å². The molecular weight excluding hydrogens is 240 g/mol. The lowest BCUT2D eigenvalue weighted by Gasteiger charge is -2.15. The van der Waals surface area contributed by atoms with Crippen LogP contribution in [0.1, 0.15) is 47.3 Å². The summed E-state index contributed by atoms with van der Waals surface area (Å²) in [7, 11) is 0. The average Bonchev–Trinajstić information content (AvgIpc) is 2.28. The van der Waals surface area contributed by atoms with E-state index in [0.29, 0.717) is 12.0 Å². The first-order valence-electron chi connectivity index (χ1n) is 6.46. The fourth-order valence-electron chi connectivity index (χ4n) is 2.48. The monoisotopic (exact) mass is 260 g/mol. The zero-order valence-electron chi connectivity index (χ0n) is 12.2. The SMILES string of the molecule is CCC(C(=O)C(C)=O)C(=O)c1c(C)cc(C)cc1C. The molecule has 3 nitrogen and oxygen atoms in total. The molecule has 1 atom stereocenters. The summed E-state index contributed by atoms with van der Waals surface area (Å²) >= 11 is 0. The largest absolute Gasteiger partial charge is 0.293 e. The van der Waals surface area contributed by atoms with Crippen molar-refractivity contribution in [3.63, 3.8) is 0 Å². The molecule has 0 N–H and O–H groups in total. The van der Waals surface area contributed by atoms with Crippen molar-refractivity contribution < 1.29 is 14.4 Å². The molecule has 0 fully saturated rings. The molecule has 1 unspecified atom stereocenters. The van der Waals surface area contributed by atoms with Crippen LogP contribution in [0.4, 0.5) is 0 Å². The van der Waals surface area contributed by atoms with E-state index in [2.05, 4.69) is 0 Å². The normalized spacial score (nSPS) is 12.1. The molecule has 0 bridgehead atoms. The Labute approximate surface area is 114 Å². The maximum Gasteiger partial charge on any atom is 0.208 e. The zero-order valence-corrected chi connectivity index (χ0v) is 12.2. The third-order valence-corrected chi connectivity index (χ3v) is 3.31. The molecule has 1 aromatic rings. The quantitative estimate of drug-likeness (QED) is 0.464. The van der Waals surface area contributed by atoms with Gasteiger partial charge in [0.15, 0.2) is 11.6 Å². The van der Waals surface area contributed by atoms with Crippen LogP contribution >= 0.6 is 0 Å². The fraction of sp³-hybridized carbons (Fsp3) is 0.438. The van der Waals surface area contributed by atoms with Crippen molar-refractivity contribution >= 4 is 17.3 Å². The molecule has 1 aromatic carbocycles. The topological polar surface area (TPSA) is 51.2 Å². The molecule has 3 heteroatoms. The van der Waals surface area contributed by atoms with Gasteiger partial charge >= 0.3 is 0 Å². The minimum Gasteiger partial charge on any atom is -0.293 e. The van der Waals surface area contributed by atoms with Crippen LogP contribution in [0.25, 0.3) is 0 Å². The van der Waals surface area contributed by atoms with Gasteiger partial charge in [-0.3, -0.25) is 14.4 Å². The van der Waals surface area contributed by atoms with Crippen molar-refractivity contribution in [2.75, 3.05) is 0 Å². The van der Waals surface area contributed by atoms with Crippen LogP contribution in [0.5, 0.6) is 0 Å². The lowest BCUT2D eigenvalue weighted by molar-refractivity contribution is -0.137. The molecule has 0 radical (unpaired) electrons. The number of aryl methyl sites for hydroxylation is 3. The first-order valence-corrected chi connectivity index (χ1v) is 6.46. The first kappa shape index (κ1) is 15.3. The van der Waals surface area contributed by atoms with E-state index in [1.807, 2.05) is 32.9 Å². The summed E-state index contributed by atoms with van der Waals surface area (Å²) in [6, 6.07) is 3.84. The van der Waals surface area contributed by atoms with Crippen molar-refractivity contribution in [1.82, 2.24) is 0 Å². The Morgan fingerprint density at radius 1 is 1.05 bits per heavy atom. The Morgan fingerprint density at radius 2 is 1.53 bits per heavy atom. The maximum absolute atomic E-state index is 12.5. The van der Waals surface area contributed by atoms with Crippen LogP contribution in [-0.4, -0.2) is 17.3 Å². The summed E-state index contributed by atoms with van der Waals surface area (Å²) in [6.45, 7) is 8.65. The number of carbonyl (C=O) groups excluding carboxylic acids is 3. The van der Waals surface area contributed by atoms with Crippen LogP contribution in [-0.2, 0) is 9.59 Å². The molecule has 0 aliphatic rings. The molecule has 0 aliphatic heterocycles. The number of hydrogen-bond donors (Lipinski definition) is 0. The molecule has 19 heavy (non-hydrogen) atoms. The van der Waals surface area contributed by atoms with E-state index < -0.39 is 17.5 Å². The number of ketones is 3. The highest BCUT2D eigenvalue weighted by Crippen LogP contribution is 2.22. The van der Waals surface area contributed by atoms with Gasteiger partial charge < -0.3 is 0 Å². The van der Waals surface area contributed by atoms with Crippen molar-refractivity contribution in [3.8, 4) is 0 Å². The minimum absolute atomic E-state index is 0.238. The van der Waals surface area contributed by atoms with Gasteiger partial charge in [-0.1, -0.05) is 24.6 Å². The predicted molar refractivity (Wildman–Crippen MR) is 74.5 cm³/mol. The van der Waals surface area contributed by atoms with E-state index in [0.717, 1.165) is 16.7 Å². The van der Waals surface area contributed by atoms with Crippen molar-refractivity contribution in [3.05, 3.63) is 34.4 Å². The minimum atomic E-state index is -0.849. The van der Waals surface area contributed by atoms with Crippen molar-refractivity contribution in [1.29, 1.82) is 0 Å². The lowest BCUT2D eigenvalue weighted by Crippen LogP contribution is -2.29. The molecule has 0 heterocycles. The molecular formula is C16H20O3. The van der Waals surface area contributed by atoms with Gasteiger partial charge in [0.05, 0.1) is 5.92 Å². The molecule has 0 amide bonds. The van der Waals surface area contributed by atoms with Gasteiger partial charge in [0.2, 0.25) is 5.78 Å². The summed E-state index contributed by atoms with van der Waals surface area (Å²) in [5, 5.41) is 0. The molecule has 0 aliphatic carbocycles. The Balaban J connectivity index is 3.26. The molecule has 0 saturated heterocycles. The van der Waals surface area contributed by atoms with Crippen molar-refractivity contribution in [2.24, 2.45) is 5.92 Å². The van der Waals surface area contributed by atoms with Crippen LogP contribution < -0.4 is 0 Å². The van der Waals surface area contributed by atoms with E-state index in [-0.39, 0.29) is 5.78 Å². The van der Waals surface area contributed by atoms with E-state index in [1.165, 1.54) is 6.92 Å². The highest BCUT2D eigenvalue weighted by atomic mass is 16.2. The third kappa shape index (κ3) is 3.16. The number of carbonyl (C=O) groups is 3. The maximum atomic E-state index is 12.5. The zero-order chi connectivity index (χ0) is 14.7. The van der Waals surface area contributed by atoms with Gasteiger partial charge in [0.1, 0.15) is 0 Å². The van der Waals surface area contributed by atoms with E-state index >= 15 is 0 Å². The lowest BCUT2D eigenvalue weighted by atomic mass is 9.85. The van der Waals surface area contributed by atoms with E-state index in [1.54, 1.807) is 6.92 Å². The van der Waals surface area contributed by atoms with Crippen LogP contribution in [0.3, 0.4) is 0 Å². The highest BCUT2D eigenvalue weighted by molar-refractivity contribution is 6.41. The molecule has 0 saturated carbocycles. The van der Waals surface area contributed by atoms with Gasteiger partial charge in [-0.2, -0.15) is 0 Å². The first-order chi connectivity index (χ1) is 8.79. The molecule has 0 spiro atoms. The van der Waals surface area contributed by atoms with E-state index in [4.69, 9.17) is 0 Å². The Bertz CT molecular complexity index is 518. The summed E-state index contributed by atoms with van der Waals surface area (Å²) in [4.78, 5) is 35.5. The summed E-state index contributed by atoms with van der Waals surface area (Å²) in [5.74, 6) is -2.23. The highest BCUT2D eigenvalue weighted by Gasteiger charge is 2.30. The number of hydrogen-bond acceptors (Lipinski definition) is 3. The second kappa shape index (κ2) is 5.91. The predicted octanol–water partition coefficient (Wildman–Crippen LogP) is 2.98. The number of benzene rings is 1. The second-order valence-corrected chi connectivity index (χ2v) is 5.02. The van der Waals surface area contributed by atoms with Gasteiger partial charge in [-0.05, 0) is 38.3 Å². The summed E-state index contributed by atoms with van der Waals surface area (Å²) in [5.41, 5.74) is 3.37.